The molecule has 0 aliphatic heterocycles. The summed E-state index contributed by atoms with van der Waals surface area (Å²) in [5.74, 6) is 1.71. The van der Waals surface area contributed by atoms with E-state index in [9.17, 15) is 5.11 Å². The zero-order valence-electron chi connectivity index (χ0n) is 14.0. The first-order valence-corrected chi connectivity index (χ1v) is 8.60. The molecule has 1 fully saturated rings. The van der Waals surface area contributed by atoms with Crippen LogP contribution in [-0.2, 0) is 0 Å². The van der Waals surface area contributed by atoms with Crippen molar-refractivity contribution in [3.8, 4) is 22.9 Å². The van der Waals surface area contributed by atoms with E-state index in [0.29, 0.717) is 17.0 Å². The van der Waals surface area contributed by atoms with Crippen LogP contribution in [0.15, 0.2) is 42.5 Å². The third kappa shape index (κ3) is 2.32. The number of rotatable bonds is 3. The quantitative estimate of drug-likeness (QED) is 0.591. The summed E-state index contributed by atoms with van der Waals surface area (Å²) in [7, 11) is 0. The van der Waals surface area contributed by atoms with Gasteiger partial charge in [-0.2, -0.15) is 4.52 Å². The Morgan fingerprint density at radius 2 is 1.88 bits per heavy atom. The minimum Gasteiger partial charge on any atom is -0.508 e. The maximum Gasteiger partial charge on any atom is 0.223 e. The van der Waals surface area contributed by atoms with Crippen LogP contribution in [0.3, 0.4) is 0 Å². The van der Waals surface area contributed by atoms with Crippen LogP contribution in [0.4, 0.5) is 5.95 Å². The molecule has 7 heteroatoms. The Bertz CT molecular complexity index is 1120. The lowest BCUT2D eigenvalue weighted by Gasteiger charge is -2.26. The van der Waals surface area contributed by atoms with Crippen LogP contribution in [-0.4, -0.2) is 30.8 Å². The fourth-order valence-corrected chi connectivity index (χ4v) is 3.12. The third-order valence-electron chi connectivity index (χ3n) is 4.76. The van der Waals surface area contributed by atoms with E-state index >= 15 is 0 Å². The summed E-state index contributed by atoms with van der Waals surface area (Å²) in [5, 5.41) is 14.8. The number of aromatic hydroxyl groups is 1. The van der Waals surface area contributed by atoms with Gasteiger partial charge in [0.05, 0.1) is 6.10 Å². The highest BCUT2D eigenvalue weighted by atomic mass is 16.5. The molecule has 130 valence electrons. The summed E-state index contributed by atoms with van der Waals surface area (Å²) in [4.78, 5) is 9.16. The number of ether oxygens (including phenoxy) is 1. The number of phenolic OH excluding ortho intramolecular Hbond substituents is 1. The monoisotopic (exact) mass is 347 g/mol. The molecule has 0 bridgehead atoms. The molecule has 1 aliphatic rings. The molecule has 0 atom stereocenters. The first-order chi connectivity index (χ1) is 12.7. The van der Waals surface area contributed by atoms with Gasteiger partial charge in [-0.25, -0.2) is 9.97 Å². The van der Waals surface area contributed by atoms with Gasteiger partial charge in [0, 0.05) is 10.9 Å². The van der Waals surface area contributed by atoms with Crippen molar-refractivity contribution in [2.24, 2.45) is 0 Å². The predicted molar refractivity (Wildman–Crippen MR) is 98.1 cm³/mol. The van der Waals surface area contributed by atoms with Crippen LogP contribution in [0.25, 0.3) is 27.9 Å². The SMILES string of the molecule is Nc1nc2c(OC3CCC3)cccc2c2nc(-c3ccc(O)cc3)nn12. The standard InChI is InChI=1S/C19H17N5O2/c20-19-21-16-14(5-2-6-15(16)26-13-3-1-4-13)18-22-17(23-24(18)19)11-7-9-12(25)10-8-11/h2,5-10,13,25H,1,3-4H2,(H2,20,21). The minimum atomic E-state index is 0.196. The van der Waals surface area contributed by atoms with E-state index < -0.39 is 0 Å². The number of anilines is 1. The summed E-state index contributed by atoms with van der Waals surface area (Å²) < 4.78 is 7.61. The molecule has 7 nitrogen and oxygen atoms in total. The first-order valence-electron chi connectivity index (χ1n) is 8.60. The van der Waals surface area contributed by atoms with Gasteiger partial charge < -0.3 is 15.6 Å². The Morgan fingerprint density at radius 3 is 2.62 bits per heavy atom. The van der Waals surface area contributed by atoms with Gasteiger partial charge in [-0.3, -0.25) is 0 Å². The van der Waals surface area contributed by atoms with E-state index in [1.165, 1.54) is 10.9 Å². The van der Waals surface area contributed by atoms with Gasteiger partial charge in [0.15, 0.2) is 11.5 Å². The van der Waals surface area contributed by atoms with Gasteiger partial charge in [0.25, 0.3) is 0 Å². The average Bonchev–Trinajstić information content (AvgIpc) is 3.05. The van der Waals surface area contributed by atoms with E-state index in [-0.39, 0.29) is 17.8 Å². The lowest BCUT2D eigenvalue weighted by atomic mass is 9.96. The highest BCUT2D eigenvalue weighted by molar-refractivity contribution is 5.96. The molecule has 4 aromatic rings. The Labute approximate surface area is 149 Å². The van der Waals surface area contributed by atoms with Crippen LogP contribution >= 0.6 is 0 Å². The molecule has 0 amide bonds. The van der Waals surface area contributed by atoms with Gasteiger partial charge in [-0.1, -0.05) is 6.07 Å². The molecule has 1 saturated carbocycles. The molecule has 0 radical (unpaired) electrons. The average molecular weight is 347 g/mol. The van der Waals surface area contributed by atoms with E-state index in [0.717, 1.165) is 29.5 Å². The van der Waals surface area contributed by atoms with E-state index in [2.05, 4.69) is 15.1 Å². The number of nitrogens with two attached hydrogens (primary N) is 1. The van der Waals surface area contributed by atoms with Crippen LogP contribution in [0.5, 0.6) is 11.5 Å². The maximum absolute atomic E-state index is 9.47. The molecule has 1 aliphatic carbocycles. The Balaban J connectivity index is 1.69. The molecule has 2 aromatic heterocycles. The molecule has 0 unspecified atom stereocenters. The molecular formula is C19H17N5O2. The second-order valence-electron chi connectivity index (χ2n) is 6.51. The summed E-state index contributed by atoms with van der Waals surface area (Å²) in [6.45, 7) is 0. The Morgan fingerprint density at radius 1 is 1.08 bits per heavy atom. The van der Waals surface area contributed by atoms with Gasteiger partial charge in [0.2, 0.25) is 5.95 Å². The van der Waals surface area contributed by atoms with E-state index in [1.54, 1.807) is 24.3 Å². The topological polar surface area (TPSA) is 98.6 Å². The normalized spacial score (nSPS) is 14.6. The molecule has 0 saturated heterocycles. The molecule has 2 heterocycles. The molecule has 0 spiro atoms. The van der Waals surface area contributed by atoms with Crippen molar-refractivity contribution in [3.05, 3.63) is 42.5 Å². The van der Waals surface area contributed by atoms with Crippen molar-refractivity contribution >= 4 is 22.5 Å². The molecule has 2 aromatic carbocycles. The van der Waals surface area contributed by atoms with E-state index in [1.807, 2.05) is 18.2 Å². The molecular weight excluding hydrogens is 330 g/mol. The van der Waals surface area contributed by atoms with Crippen molar-refractivity contribution in [1.82, 2.24) is 19.6 Å². The number of nitrogen functional groups attached to an aromatic ring is 1. The summed E-state index contributed by atoms with van der Waals surface area (Å²) >= 11 is 0. The predicted octanol–water partition coefficient (Wildman–Crippen LogP) is 3.16. The highest BCUT2D eigenvalue weighted by Gasteiger charge is 2.21. The van der Waals surface area contributed by atoms with Crippen LogP contribution in [0.1, 0.15) is 19.3 Å². The smallest absolute Gasteiger partial charge is 0.223 e. The highest BCUT2D eigenvalue weighted by Crippen LogP contribution is 2.32. The number of nitrogens with zero attached hydrogens (tertiary/aromatic N) is 4. The van der Waals surface area contributed by atoms with Gasteiger partial charge in [-0.05, 0) is 55.7 Å². The number of benzene rings is 2. The zero-order chi connectivity index (χ0) is 17.7. The van der Waals surface area contributed by atoms with Gasteiger partial charge >= 0.3 is 0 Å². The molecule has 5 rings (SSSR count). The van der Waals surface area contributed by atoms with Crippen molar-refractivity contribution in [2.45, 2.75) is 25.4 Å². The Hall–Kier alpha value is -3.35. The van der Waals surface area contributed by atoms with Crippen LogP contribution < -0.4 is 10.5 Å². The summed E-state index contributed by atoms with van der Waals surface area (Å²) in [6.07, 6.45) is 3.61. The van der Waals surface area contributed by atoms with E-state index in [4.69, 9.17) is 10.5 Å². The van der Waals surface area contributed by atoms with Crippen LogP contribution in [0.2, 0.25) is 0 Å². The number of para-hydroxylation sites is 1. The number of aromatic nitrogens is 4. The fraction of sp³-hybridized carbons (Fsp3) is 0.211. The maximum atomic E-state index is 9.47. The number of phenols is 1. The van der Waals surface area contributed by atoms with Gasteiger partial charge in [0.1, 0.15) is 17.0 Å². The number of hydrogen-bond acceptors (Lipinski definition) is 6. The van der Waals surface area contributed by atoms with Crippen molar-refractivity contribution in [3.63, 3.8) is 0 Å². The molecule has 26 heavy (non-hydrogen) atoms. The summed E-state index contributed by atoms with van der Waals surface area (Å²) in [6, 6.07) is 12.5. The zero-order valence-corrected chi connectivity index (χ0v) is 14.0. The lowest BCUT2D eigenvalue weighted by Crippen LogP contribution is -2.24. The fourth-order valence-electron chi connectivity index (χ4n) is 3.12. The van der Waals surface area contributed by atoms with Crippen molar-refractivity contribution in [2.75, 3.05) is 5.73 Å². The first kappa shape index (κ1) is 14.9. The van der Waals surface area contributed by atoms with Crippen molar-refractivity contribution < 1.29 is 9.84 Å². The number of hydrogen-bond donors (Lipinski definition) is 2. The largest absolute Gasteiger partial charge is 0.508 e. The van der Waals surface area contributed by atoms with Crippen molar-refractivity contribution in [1.29, 1.82) is 0 Å². The lowest BCUT2D eigenvalue weighted by molar-refractivity contribution is 0.122. The number of fused-ring (bicyclic) bond motifs is 3. The van der Waals surface area contributed by atoms with Crippen LogP contribution in [0, 0.1) is 0 Å². The summed E-state index contributed by atoms with van der Waals surface area (Å²) in [5.41, 5.74) is 8.27. The third-order valence-corrected chi connectivity index (χ3v) is 4.76. The second-order valence-corrected chi connectivity index (χ2v) is 6.51. The molecule has 3 N–H and O–H groups in total. The minimum absolute atomic E-state index is 0.196. The second kappa shape index (κ2) is 5.59. The Kier molecular flexibility index (Phi) is 3.21. The van der Waals surface area contributed by atoms with Gasteiger partial charge in [-0.15, -0.1) is 5.10 Å².